The molecule has 0 saturated carbocycles. The van der Waals surface area contributed by atoms with Crippen LogP contribution in [0, 0.1) is 5.92 Å². The van der Waals surface area contributed by atoms with Crippen molar-refractivity contribution in [3.8, 4) is 0 Å². The van der Waals surface area contributed by atoms with E-state index in [1.54, 1.807) is 0 Å². The molecule has 2 atom stereocenters. The predicted molar refractivity (Wildman–Crippen MR) is 61.7 cm³/mol. The van der Waals surface area contributed by atoms with Gasteiger partial charge in [0.25, 0.3) is 0 Å². The Balaban J connectivity index is 1.91. The predicted octanol–water partition coefficient (Wildman–Crippen LogP) is 0.648. The molecule has 1 N–H and O–H groups in total. The molecule has 0 bridgehead atoms. The zero-order chi connectivity index (χ0) is 11.4. The van der Waals surface area contributed by atoms with Crippen molar-refractivity contribution in [3.63, 3.8) is 0 Å². The summed E-state index contributed by atoms with van der Waals surface area (Å²) in [4.78, 5) is 17.1. The topological polar surface area (TPSA) is 45.2 Å². The standard InChI is InChI=1S/C12H17N3O/c1-10-6-15(8-12(10)14-9-16)7-11-4-2-3-5-13-11/h2-5,9-10,12H,6-8H2,1H3,(H,14,16). The van der Waals surface area contributed by atoms with Crippen molar-refractivity contribution in [2.45, 2.75) is 19.5 Å². The van der Waals surface area contributed by atoms with E-state index in [9.17, 15) is 4.79 Å². The van der Waals surface area contributed by atoms with Gasteiger partial charge in [-0.3, -0.25) is 14.7 Å². The molecule has 1 fully saturated rings. The third-order valence-electron chi connectivity index (χ3n) is 3.08. The molecule has 86 valence electrons. The maximum Gasteiger partial charge on any atom is 0.207 e. The largest absolute Gasteiger partial charge is 0.354 e. The number of nitrogens with zero attached hydrogens (tertiary/aromatic N) is 2. The molecule has 0 radical (unpaired) electrons. The summed E-state index contributed by atoms with van der Waals surface area (Å²) in [6, 6.07) is 6.24. The Bertz CT molecular complexity index is 341. The molecule has 0 aromatic carbocycles. The third-order valence-corrected chi connectivity index (χ3v) is 3.08. The van der Waals surface area contributed by atoms with Gasteiger partial charge in [-0.25, -0.2) is 0 Å². The number of aromatic nitrogens is 1. The van der Waals surface area contributed by atoms with Gasteiger partial charge in [-0.2, -0.15) is 0 Å². The average molecular weight is 219 g/mol. The van der Waals surface area contributed by atoms with Crippen LogP contribution < -0.4 is 5.32 Å². The van der Waals surface area contributed by atoms with Crippen LogP contribution in [0.25, 0.3) is 0 Å². The average Bonchev–Trinajstić information content (AvgIpc) is 2.61. The minimum absolute atomic E-state index is 0.279. The molecular formula is C12H17N3O. The summed E-state index contributed by atoms with van der Waals surface area (Å²) in [5.74, 6) is 0.508. The van der Waals surface area contributed by atoms with Crippen LogP contribution in [-0.4, -0.2) is 35.4 Å². The van der Waals surface area contributed by atoms with Gasteiger partial charge in [-0.05, 0) is 18.1 Å². The number of nitrogens with one attached hydrogen (secondary N) is 1. The fourth-order valence-electron chi connectivity index (χ4n) is 2.22. The lowest BCUT2D eigenvalue weighted by Crippen LogP contribution is -2.34. The second-order valence-electron chi connectivity index (χ2n) is 4.38. The van der Waals surface area contributed by atoms with Crippen LogP contribution in [0.15, 0.2) is 24.4 Å². The summed E-state index contributed by atoms with van der Waals surface area (Å²) < 4.78 is 0. The number of hydrogen-bond donors (Lipinski definition) is 1. The number of carbonyl (C=O) groups excluding carboxylic acids is 1. The Morgan fingerprint density at radius 1 is 1.56 bits per heavy atom. The van der Waals surface area contributed by atoms with E-state index < -0.39 is 0 Å². The Labute approximate surface area is 95.7 Å². The third kappa shape index (κ3) is 2.58. The maximum atomic E-state index is 10.4. The van der Waals surface area contributed by atoms with Crippen LogP contribution in [0.3, 0.4) is 0 Å². The van der Waals surface area contributed by atoms with Gasteiger partial charge in [-0.15, -0.1) is 0 Å². The smallest absolute Gasteiger partial charge is 0.207 e. The molecule has 4 heteroatoms. The van der Waals surface area contributed by atoms with Gasteiger partial charge >= 0.3 is 0 Å². The molecule has 4 nitrogen and oxygen atoms in total. The van der Waals surface area contributed by atoms with Crippen LogP contribution in [0.4, 0.5) is 0 Å². The summed E-state index contributed by atoms with van der Waals surface area (Å²) in [5, 5.41) is 2.87. The fraction of sp³-hybridized carbons (Fsp3) is 0.500. The number of pyridine rings is 1. The number of hydrogen-bond acceptors (Lipinski definition) is 3. The summed E-state index contributed by atoms with van der Waals surface area (Å²) in [5.41, 5.74) is 1.08. The second kappa shape index (κ2) is 5.07. The summed E-state index contributed by atoms with van der Waals surface area (Å²) in [7, 11) is 0. The van der Waals surface area contributed by atoms with E-state index in [1.807, 2.05) is 24.4 Å². The van der Waals surface area contributed by atoms with E-state index in [0.717, 1.165) is 31.7 Å². The van der Waals surface area contributed by atoms with Gasteiger partial charge < -0.3 is 5.32 Å². The molecule has 1 saturated heterocycles. The Hall–Kier alpha value is -1.42. The van der Waals surface area contributed by atoms with Crippen LogP contribution in [0.5, 0.6) is 0 Å². The number of carbonyl (C=O) groups is 1. The van der Waals surface area contributed by atoms with E-state index in [4.69, 9.17) is 0 Å². The first kappa shape index (κ1) is 11.1. The highest BCUT2D eigenvalue weighted by Gasteiger charge is 2.28. The molecule has 2 rings (SSSR count). The molecular weight excluding hydrogens is 202 g/mol. The fourth-order valence-corrected chi connectivity index (χ4v) is 2.22. The van der Waals surface area contributed by atoms with E-state index >= 15 is 0 Å². The number of likely N-dealkylation sites (tertiary alicyclic amines) is 1. The number of amides is 1. The molecule has 1 aromatic heterocycles. The Morgan fingerprint density at radius 3 is 3.12 bits per heavy atom. The zero-order valence-electron chi connectivity index (χ0n) is 9.47. The van der Waals surface area contributed by atoms with E-state index in [1.165, 1.54) is 0 Å². The van der Waals surface area contributed by atoms with Crippen molar-refractivity contribution in [1.82, 2.24) is 15.2 Å². The summed E-state index contributed by atoms with van der Waals surface area (Å²) in [6.07, 6.45) is 2.61. The van der Waals surface area contributed by atoms with Crippen LogP contribution in [-0.2, 0) is 11.3 Å². The lowest BCUT2D eigenvalue weighted by Gasteiger charge is -2.14. The molecule has 1 aromatic rings. The Morgan fingerprint density at radius 2 is 2.44 bits per heavy atom. The van der Waals surface area contributed by atoms with E-state index in [-0.39, 0.29) is 6.04 Å². The molecule has 0 aliphatic carbocycles. The normalized spacial score (nSPS) is 25.6. The van der Waals surface area contributed by atoms with Gasteiger partial charge in [0.15, 0.2) is 0 Å². The highest BCUT2D eigenvalue weighted by atomic mass is 16.1. The molecule has 1 amide bonds. The van der Waals surface area contributed by atoms with Crippen molar-refractivity contribution in [1.29, 1.82) is 0 Å². The Kier molecular flexibility index (Phi) is 3.51. The van der Waals surface area contributed by atoms with Gasteiger partial charge in [-0.1, -0.05) is 13.0 Å². The molecule has 16 heavy (non-hydrogen) atoms. The van der Waals surface area contributed by atoms with Gasteiger partial charge in [0.2, 0.25) is 6.41 Å². The van der Waals surface area contributed by atoms with Crippen molar-refractivity contribution in [3.05, 3.63) is 30.1 Å². The maximum absolute atomic E-state index is 10.4. The van der Waals surface area contributed by atoms with E-state index in [2.05, 4.69) is 22.1 Å². The minimum atomic E-state index is 0.279. The van der Waals surface area contributed by atoms with Crippen LogP contribution in [0.2, 0.25) is 0 Å². The second-order valence-corrected chi connectivity index (χ2v) is 4.38. The summed E-state index contributed by atoms with van der Waals surface area (Å²) in [6.45, 7) is 4.96. The quantitative estimate of drug-likeness (QED) is 0.756. The monoisotopic (exact) mass is 219 g/mol. The van der Waals surface area contributed by atoms with Crippen molar-refractivity contribution < 1.29 is 4.79 Å². The molecule has 2 heterocycles. The zero-order valence-corrected chi connectivity index (χ0v) is 9.47. The van der Waals surface area contributed by atoms with Gasteiger partial charge in [0.05, 0.1) is 5.69 Å². The first-order valence-electron chi connectivity index (χ1n) is 5.61. The van der Waals surface area contributed by atoms with Crippen molar-refractivity contribution in [2.75, 3.05) is 13.1 Å². The van der Waals surface area contributed by atoms with Crippen molar-refractivity contribution in [2.24, 2.45) is 5.92 Å². The van der Waals surface area contributed by atoms with E-state index in [0.29, 0.717) is 5.92 Å². The summed E-state index contributed by atoms with van der Waals surface area (Å²) >= 11 is 0. The minimum Gasteiger partial charge on any atom is -0.354 e. The van der Waals surface area contributed by atoms with Gasteiger partial charge in [0.1, 0.15) is 0 Å². The first-order chi connectivity index (χ1) is 7.79. The van der Waals surface area contributed by atoms with Gasteiger partial charge in [0, 0.05) is 31.9 Å². The van der Waals surface area contributed by atoms with Crippen LogP contribution >= 0.6 is 0 Å². The SMILES string of the molecule is CC1CN(Cc2ccccn2)CC1NC=O. The molecule has 0 spiro atoms. The van der Waals surface area contributed by atoms with Crippen molar-refractivity contribution >= 4 is 6.41 Å². The lowest BCUT2D eigenvalue weighted by atomic mass is 10.1. The number of rotatable bonds is 4. The van der Waals surface area contributed by atoms with Crippen LogP contribution in [0.1, 0.15) is 12.6 Å². The first-order valence-corrected chi connectivity index (χ1v) is 5.61. The molecule has 1 aliphatic rings. The highest BCUT2D eigenvalue weighted by molar-refractivity contribution is 5.47. The molecule has 2 unspecified atom stereocenters. The lowest BCUT2D eigenvalue weighted by molar-refractivity contribution is -0.110. The highest BCUT2D eigenvalue weighted by Crippen LogP contribution is 2.17. The molecule has 1 aliphatic heterocycles.